The minimum atomic E-state index is 0.338. The van der Waals surface area contributed by atoms with Gasteiger partial charge in [-0.3, -0.25) is 6.08 Å². The molecule has 1 aliphatic rings. The second kappa shape index (κ2) is 9.65. The van der Waals surface area contributed by atoms with Gasteiger partial charge in [-0.15, -0.1) is 46.2 Å². The third-order valence-electron chi connectivity index (χ3n) is 4.43. The molecule has 1 heteroatoms. The topological polar surface area (TPSA) is 0 Å². The molecule has 0 unspecified atom stereocenters. The van der Waals surface area contributed by atoms with Gasteiger partial charge in [0.2, 0.25) is 0 Å². The van der Waals surface area contributed by atoms with Crippen molar-refractivity contribution in [3.05, 3.63) is 77.9 Å². The summed E-state index contributed by atoms with van der Waals surface area (Å²) in [5.74, 6) is 0. The molecule has 0 aromatic heterocycles. The first kappa shape index (κ1) is 21.8. The van der Waals surface area contributed by atoms with Crippen molar-refractivity contribution >= 4 is 24.8 Å². The standard InChI is InChI=1S/C13H9.C10H15.C3H6.Zr/c1-3-7-12-10(5-1)9-11-6-2-4-8-13(11)12;1-8-5-6-9(7-8)10(2,3)4;1-3-2;/h1-9H;7H,6H2,1-4H3;1-2H3;/q2*-1;;+2. The van der Waals surface area contributed by atoms with Crippen molar-refractivity contribution in [1.82, 2.24) is 0 Å². The molecule has 3 aromatic carbocycles. The molecule has 0 amide bonds. The van der Waals surface area contributed by atoms with Gasteiger partial charge < -0.3 is 0 Å². The molecule has 0 radical (unpaired) electrons. The Kier molecular flexibility index (Phi) is 7.81. The predicted molar refractivity (Wildman–Crippen MR) is 118 cm³/mol. The average molecular weight is 434 g/mol. The number of hydrogen-bond donors (Lipinski definition) is 0. The van der Waals surface area contributed by atoms with Crippen LogP contribution in [0.4, 0.5) is 0 Å². The minimum absolute atomic E-state index is 0.338. The van der Waals surface area contributed by atoms with Crippen LogP contribution >= 0.6 is 0 Å². The molecule has 138 valence electrons. The van der Waals surface area contributed by atoms with E-state index in [1.807, 2.05) is 0 Å². The zero-order valence-electron chi connectivity index (χ0n) is 17.5. The van der Waals surface area contributed by atoms with Gasteiger partial charge in [0.15, 0.2) is 0 Å². The van der Waals surface area contributed by atoms with E-state index in [1.165, 1.54) is 35.9 Å². The summed E-state index contributed by atoms with van der Waals surface area (Å²) >= 11 is 1.55. The maximum atomic E-state index is 3.30. The van der Waals surface area contributed by atoms with E-state index < -0.39 is 0 Å². The van der Waals surface area contributed by atoms with Crippen LogP contribution in [0.2, 0.25) is 0 Å². The van der Waals surface area contributed by atoms with Gasteiger partial charge in [0.1, 0.15) is 0 Å². The molecule has 0 saturated heterocycles. The first-order valence-electron chi connectivity index (χ1n) is 9.52. The van der Waals surface area contributed by atoms with E-state index in [4.69, 9.17) is 0 Å². The molecule has 0 nitrogen and oxygen atoms in total. The molecule has 0 heterocycles. The zero-order chi connectivity index (χ0) is 20.0. The van der Waals surface area contributed by atoms with Crippen LogP contribution in [0.25, 0.3) is 21.5 Å². The number of rotatable bonds is 0. The van der Waals surface area contributed by atoms with E-state index in [1.54, 1.807) is 24.2 Å². The average Bonchev–Trinajstić information content (AvgIpc) is 3.18. The van der Waals surface area contributed by atoms with Crippen molar-refractivity contribution in [1.29, 1.82) is 0 Å². The van der Waals surface area contributed by atoms with Crippen LogP contribution in [-0.4, -0.2) is 3.21 Å². The first-order chi connectivity index (χ1) is 12.7. The fourth-order valence-corrected chi connectivity index (χ4v) is 2.98. The molecule has 0 bridgehead atoms. The summed E-state index contributed by atoms with van der Waals surface area (Å²) < 4.78 is 1.51. The summed E-state index contributed by atoms with van der Waals surface area (Å²) in [5, 5.41) is 5.39. The van der Waals surface area contributed by atoms with Crippen LogP contribution in [0.3, 0.4) is 0 Å². The normalized spacial score (nSPS) is 13.3. The van der Waals surface area contributed by atoms with Crippen LogP contribution in [-0.2, 0) is 24.2 Å². The van der Waals surface area contributed by atoms with Gasteiger partial charge in [-0.2, -0.15) is 5.57 Å². The molecule has 27 heavy (non-hydrogen) atoms. The molecule has 0 N–H and O–H groups in total. The number of allylic oxidation sites excluding steroid dienone is 4. The Morgan fingerprint density at radius 1 is 0.926 bits per heavy atom. The fraction of sp³-hybridized carbons (Fsp3) is 0.308. The van der Waals surface area contributed by atoms with Gasteiger partial charge in [-0.05, 0) is 5.41 Å². The molecule has 0 aliphatic heterocycles. The van der Waals surface area contributed by atoms with E-state index in [0.29, 0.717) is 5.41 Å². The summed E-state index contributed by atoms with van der Waals surface area (Å²) in [7, 11) is 0. The Balaban J connectivity index is 0.000000167. The van der Waals surface area contributed by atoms with Crippen LogP contribution in [0.5, 0.6) is 0 Å². The third kappa shape index (κ3) is 6.58. The van der Waals surface area contributed by atoms with Crippen molar-refractivity contribution in [3.8, 4) is 0 Å². The maximum Gasteiger partial charge on any atom is -0.0771 e. The molecule has 0 atom stereocenters. The van der Waals surface area contributed by atoms with Crippen LogP contribution < -0.4 is 0 Å². The third-order valence-corrected chi connectivity index (χ3v) is 4.43. The number of benzene rings is 2. The number of fused-ring (bicyclic) bond motifs is 3. The predicted octanol–water partition coefficient (Wildman–Crippen LogP) is 7.57. The van der Waals surface area contributed by atoms with Crippen molar-refractivity contribution in [3.63, 3.8) is 0 Å². The zero-order valence-corrected chi connectivity index (χ0v) is 19.9. The summed E-state index contributed by atoms with van der Waals surface area (Å²) in [6, 6.07) is 19.3. The van der Waals surface area contributed by atoms with Crippen LogP contribution in [0, 0.1) is 11.5 Å². The van der Waals surface area contributed by atoms with Gasteiger partial charge >= 0.3 is 41.3 Å². The molecule has 3 aromatic rings. The Morgan fingerprint density at radius 2 is 1.37 bits per heavy atom. The summed E-state index contributed by atoms with van der Waals surface area (Å²) in [6.45, 7) is 13.1. The monoisotopic (exact) mass is 432 g/mol. The second-order valence-electron chi connectivity index (χ2n) is 8.27. The maximum absolute atomic E-state index is 3.30. The molecule has 1 aliphatic carbocycles. The molecule has 4 rings (SSSR count). The van der Waals surface area contributed by atoms with E-state index in [0.717, 1.165) is 6.42 Å². The largest absolute Gasteiger partial charge is 0.126 e. The summed E-state index contributed by atoms with van der Waals surface area (Å²) in [6.07, 6.45) is 6.59. The molecule has 0 spiro atoms. The Morgan fingerprint density at radius 3 is 1.70 bits per heavy atom. The van der Waals surface area contributed by atoms with Crippen LogP contribution in [0.1, 0.15) is 48.0 Å². The number of hydrogen-bond acceptors (Lipinski definition) is 0. The Bertz CT molecular complexity index is 920. The van der Waals surface area contributed by atoms with Crippen LogP contribution in [0.15, 0.2) is 71.8 Å². The molecule has 0 saturated carbocycles. The quantitative estimate of drug-likeness (QED) is 0.321. The van der Waals surface area contributed by atoms with Crippen molar-refractivity contribution < 1.29 is 24.2 Å². The summed E-state index contributed by atoms with van der Waals surface area (Å²) in [4.78, 5) is 0. The van der Waals surface area contributed by atoms with Gasteiger partial charge in [-0.1, -0.05) is 64.1 Å². The van der Waals surface area contributed by atoms with Crippen molar-refractivity contribution in [2.45, 2.75) is 48.0 Å². The van der Waals surface area contributed by atoms with Gasteiger partial charge in [0.25, 0.3) is 0 Å². The SMILES string of the molecule is CC1=[C-]CC(C(C)(C)C)=C1.C[C](C)=[Zr+2].c1ccc2c(c1)[cH-]c1ccccc12. The van der Waals surface area contributed by atoms with Gasteiger partial charge in [0, 0.05) is 0 Å². The van der Waals surface area contributed by atoms with E-state index >= 15 is 0 Å². The Hall–Kier alpha value is -1.46. The molecular weight excluding hydrogens is 404 g/mol. The van der Waals surface area contributed by atoms with E-state index in [2.05, 4.69) is 108 Å². The Labute approximate surface area is 179 Å². The fourth-order valence-electron chi connectivity index (χ4n) is 2.98. The van der Waals surface area contributed by atoms with Crippen molar-refractivity contribution in [2.24, 2.45) is 5.41 Å². The first-order valence-corrected chi connectivity index (χ1v) is 10.7. The van der Waals surface area contributed by atoms with E-state index in [9.17, 15) is 0 Å². The molecular formula is C26H30Zr. The smallest absolute Gasteiger partial charge is 0.0771 e. The van der Waals surface area contributed by atoms with Gasteiger partial charge in [-0.25, -0.2) is 11.6 Å². The summed E-state index contributed by atoms with van der Waals surface area (Å²) in [5.41, 5.74) is 3.14. The minimum Gasteiger partial charge on any atom is -0.126 e. The second-order valence-corrected chi connectivity index (χ2v) is 10.7. The van der Waals surface area contributed by atoms with E-state index in [-0.39, 0.29) is 0 Å². The van der Waals surface area contributed by atoms with Crippen molar-refractivity contribution in [2.75, 3.05) is 0 Å². The molecule has 0 fully saturated rings. The van der Waals surface area contributed by atoms with Gasteiger partial charge in [0.05, 0.1) is 0 Å².